The van der Waals surface area contributed by atoms with Crippen molar-refractivity contribution >= 4 is 46.5 Å². The van der Waals surface area contributed by atoms with Gasteiger partial charge in [-0.25, -0.2) is 0 Å². The number of halogens is 3. The number of anilines is 1. The van der Waals surface area contributed by atoms with Crippen LogP contribution in [0, 0.1) is 13.8 Å². The van der Waals surface area contributed by atoms with Gasteiger partial charge in [0.05, 0.1) is 18.8 Å². The molecule has 32 heavy (non-hydrogen) atoms. The molecule has 0 aliphatic rings. The maximum atomic E-state index is 12.7. The first-order chi connectivity index (χ1) is 15.3. The van der Waals surface area contributed by atoms with Crippen LogP contribution in [0.15, 0.2) is 54.7 Å². The average molecular weight is 489 g/mol. The van der Waals surface area contributed by atoms with E-state index in [2.05, 4.69) is 15.5 Å². The fraction of sp³-hybridized carbons (Fsp3) is 0.174. The fourth-order valence-corrected chi connectivity index (χ4v) is 4.07. The smallest absolute Gasteiger partial charge is 0.256 e. The van der Waals surface area contributed by atoms with Gasteiger partial charge in [-0.15, -0.1) is 0 Å². The Morgan fingerprint density at radius 1 is 0.938 bits per heavy atom. The summed E-state index contributed by atoms with van der Waals surface area (Å²) in [4.78, 5) is 12.7. The molecule has 4 aromatic rings. The van der Waals surface area contributed by atoms with E-state index in [4.69, 9.17) is 34.8 Å². The lowest BCUT2D eigenvalue weighted by atomic mass is 10.1. The number of nitrogens with zero attached hydrogens (tertiary/aromatic N) is 4. The third kappa shape index (κ3) is 4.99. The Morgan fingerprint density at radius 2 is 1.62 bits per heavy atom. The number of carbonyl (C=O) groups is 1. The first-order valence-corrected chi connectivity index (χ1v) is 11.0. The minimum absolute atomic E-state index is 0.270. The highest BCUT2D eigenvalue weighted by Crippen LogP contribution is 2.27. The molecule has 1 amide bonds. The van der Waals surface area contributed by atoms with E-state index in [0.717, 1.165) is 22.5 Å². The molecule has 0 radical (unpaired) electrons. The molecule has 2 aromatic carbocycles. The van der Waals surface area contributed by atoms with E-state index in [9.17, 15) is 4.79 Å². The molecule has 0 spiro atoms. The van der Waals surface area contributed by atoms with Gasteiger partial charge in [0.25, 0.3) is 5.91 Å². The molecule has 0 aliphatic carbocycles. The highest BCUT2D eigenvalue weighted by molar-refractivity contribution is 6.36. The minimum Gasteiger partial charge on any atom is -0.304 e. The van der Waals surface area contributed by atoms with Crippen LogP contribution in [0.5, 0.6) is 0 Å². The van der Waals surface area contributed by atoms with E-state index in [1.165, 1.54) is 0 Å². The van der Waals surface area contributed by atoms with Gasteiger partial charge in [0.1, 0.15) is 5.02 Å². The van der Waals surface area contributed by atoms with Crippen molar-refractivity contribution in [2.45, 2.75) is 26.9 Å². The highest BCUT2D eigenvalue weighted by Gasteiger charge is 2.14. The molecule has 2 aromatic heterocycles. The number of aromatic nitrogens is 4. The molecule has 164 valence electrons. The molecule has 0 fully saturated rings. The van der Waals surface area contributed by atoms with Crippen molar-refractivity contribution in [1.29, 1.82) is 0 Å². The van der Waals surface area contributed by atoms with Crippen LogP contribution in [0.1, 0.15) is 32.9 Å². The Hall–Kier alpha value is -2.80. The Balaban J connectivity index is 1.44. The van der Waals surface area contributed by atoms with Crippen molar-refractivity contribution in [3.05, 3.63) is 97.9 Å². The van der Waals surface area contributed by atoms with Crippen LogP contribution in [-0.4, -0.2) is 25.5 Å². The molecule has 0 atom stereocenters. The lowest BCUT2D eigenvalue weighted by Crippen LogP contribution is -2.13. The maximum Gasteiger partial charge on any atom is 0.256 e. The van der Waals surface area contributed by atoms with Gasteiger partial charge in [0.2, 0.25) is 0 Å². The van der Waals surface area contributed by atoms with Crippen LogP contribution >= 0.6 is 34.8 Å². The third-order valence-electron chi connectivity index (χ3n) is 4.98. The maximum absolute atomic E-state index is 12.7. The molecule has 6 nitrogen and oxygen atoms in total. The second-order valence-electron chi connectivity index (χ2n) is 7.46. The number of amides is 1. The summed E-state index contributed by atoms with van der Waals surface area (Å²) in [5.41, 5.74) is 4.35. The molecule has 0 saturated heterocycles. The highest BCUT2D eigenvalue weighted by atomic mass is 35.5. The van der Waals surface area contributed by atoms with Crippen molar-refractivity contribution in [2.75, 3.05) is 5.32 Å². The van der Waals surface area contributed by atoms with Crippen LogP contribution < -0.4 is 5.32 Å². The van der Waals surface area contributed by atoms with E-state index in [1.807, 2.05) is 36.7 Å². The second kappa shape index (κ2) is 9.36. The molecular weight excluding hydrogens is 469 g/mol. The zero-order valence-corrected chi connectivity index (χ0v) is 19.7. The summed E-state index contributed by atoms with van der Waals surface area (Å²) in [6.45, 7) is 4.95. The number of carbonyl (C=O) groups excluding carboxylic acids is 1. The summed E-state index contributed by atoms with van der Waals surface area (Å²) in [5.74, 6) is -0.0304. The van der Waals surface area contributed by atoms with Crippen molar-refractivity contribution in [2.24, 2.45) is 0 Å². The Bertz CT molecular complexity index is 1260. The molecule has 1 N–H and O–H groups in total. The first kappa shape index (κ1) is 22.4. The zero-order valence-electron chi connectivity index (χ0n) is 17.4. The van der Waals surface area contributed by atoms with Gasteiger partial charge in [-0.1, -0.05) is 53.0 Å². The first-order valence-electron chi connectivity index (χ1n) is 9.87. The van der Waals surface area contributed by atoms with Gasteiger partial charge >= 0.3 is 0 Å². The van der Waals surface area contributed by atoms with Crippen molar-refractivity contribution in [3.63, 3.8) is 0 Å². The van der Waals surface area contributed by atoms with Gasteiger partial charge in [-0.2, -0.15) is 10.2 Å². The molecule has 0 saturated carbocycles. The molecule has 2 heterocycles. The summed E-state index contributed by atoms with van der Waals surface area (Å²) >= 11 is 18.7. The minimum atomic E-state index is -0.300. The summed E-state index contributed by atoms with van der Waals surface area (Å²) in [6.07, 6.45) is 1.62. The van der Waals surface area contributed by atoms with Crippen LogP contribution in [0.2, 0.25) is 15.1 Å². The molecular formula is C23H20Cl3N5O. The standard InChI is InChI=1S/C23H20Cl3N5O/c1-14-10-15(2)31(28-14)11-16-6-8-17(9-7-16)23(32)27-22-21(26)13-30(29-22)12-18-19(24)4-3-5-20(18)25/h3-10,13H,11-12H2,1-2H3,(H,27,29,32). The van der Waals surface area contributed by atoms with E-state index in [1.54, 1.807) is 41.2 Å². The van der Waals surface area contributed by atoms with Crippen LogP contribution in [-0.2, 0) is 13.1 Å². The van der Waals surface area contributed by atoms with Crippen LogP contribution in [0.3, 0.4) is 0 Å². The van der Waals surface area contributed by atoms with Gasteiger partial charge in [0, 0.05) is 33.1 Å². The lowest BCUT2D eigenvalue weighted by molar-refractivity contribution is 0.102. The predicted molar refractivity (Wildman–Crippen MR) is 128 cm³/mol. The van der Waals surface area contributed by atoms with E-state index >= 15 is 0 Å². The number of rotatable bonds is 6. The van der Waals surface area contributed by atoms with Gasteiger partial charge in [0.15, 0.2) is 5.82 Å². The summed E-state index contributed by atoms with van der Waals surface area (Å²) in [5, 5.41) is 13.0. The normalized spacial score (nSPS) is 11.0. The van der Waals surface area contributed by atoms with Crippen molar-refractivity contribution in [1.82, 2.24) is 19.6 Å². The summed E-state index contributed by atoms with van der Waals surface area (Å²) in [7, 11) is 0. The Labute approximate surface area is 200 Å². The molecule has 9 heteroatoms. The number of nitrogens with one attached hydrogen (secondary N) is 1. The second-order valence-corrected chi connectivity index (χ2v) is 8.68. The van der Waals surface area contributed by atoms with Crippen molar-refractivity contribution < 1.29 is 4.79 Å². The number of hydrogen-bond donors (Lipinski definition) is 1. The van der Waals surface area contributed by atoms with Crippen LogP contribution in [0.4, 0.5) is 5.82 Å². The Kier molecular flexibility index (Phi) is 6.55. The third-order valence-corrected chi connectivity index (χ3v) is 5.97. The average Bonchev–Trinajstić information content (AvgIpc) is 3.25. The number of benzene rings is 2. The van der Waals surface area contributed by atoms with Gasteiger partial charge < -0.3 is 5.32 Å². The van der Waals surface area contributed by atoms with Gasteiger partial charge in [-0.3, -0.25) is 14.2 Å². The monoisotopic (exact) mass is 487 g/mol. The summed E-state index contributed by atoms with van der Waals surface area (Å²) < 4.78 is 3.52. The summed E-state index contributed by atoms with van der Waals surface area (Å²) in [6, 6.07) is 14.7. The van der Waals surface area contributed by atoms with Gasteiger partial charge in [-0.05, 0) is 49.7 Å². The predicted octanol–water partition coefficient (Wildman–Crippen LogP) is 6.01. The van der Waals surface area contributed by atoms with Crippen molar-refractivity contribution in [3.8, 4) is 0 Å². The SMILES string of the molecule is Cc1cc(C)n(Cc2ccc(C(=O)Nc3nn(Cc4c(Cl)cccc4Cl)cc3Cl)cc2)n1. The molecule has 0 aliphatic heterocycles. The molecule has 4 rings (SSSR count). The quantitative estimate of drug-likeness (QED) is 0.362. The molecule has 0 unspecified atom stereocenters. The molecule has 0 bridgehead atoms. The van der Waals surface area contributed by atoms with E-state index in [-0.39, 0.29) is 11.7 Å². The van der Waals surface area contributed by atoms with E-state index in [0.29, 0.717) is 33.7 Å². The number of hydrogen-bond acceptors (Lipinski definition) is 3. The lowest BCUT2D eigenvalue weighted by Gasteiger charge is -2.07. The van der Waals surface area contributed by atoms with Crippen LogP contribution in [0.25, 0.3) is 0 Å². The largest absolute Gasteiger partial charge is 0.304 e. The fourth-order valence-electron chi connectivity index (χ4n) is 3.36. The zero-order chi connectivity index (χ0) is 22.8. The van der Waals surface area contributed by atoms with E-state index < -0.39 is 0 Å². The topological polar surface area (TPSA) is 64.7 Å². The Morgan fingerprint density at radius 3 is 2.25 bits per heavy atom. The number of aryl methyl sites for hydroxylation is 2.